The summed E-state index contributed by atoms with van der Waals surface area (Å²) in [6.45, 7) is 1.95. The molecular formula is C14H22N2O2S. The Bertz CT molecular complexity index is 396. The molecule has 0 radical (unpaired) electrons. The van der Waals surface area contributed by atoms with Gasteiger partial charge < -0.3 is 16.2 Å². The first-order chi connectivity index (χ1) is 8.94. The van der Waals surface area contributed by atoms with E-state index in [9.17, 15) is 9.90 Å². The van der Waals surface area contributed by atoms with Crippen molar-refractivity contribution in [1.82, 2.24) is 5.32 Å². The van der Waals surface area contributed by atoms with Crippen molar-refractivity contribution in [2.45, 2.75) is 25.0 Å². The minimum absolute atomic E-state index is 0.141. The van der Waals surface area contributed by atoms with Crippen LogP contribution in [0.25, 0.3) is 0 Å². The topological polar surface area (TPSA) is 75.3 Å². The maximum absolute atomic E-state index is 11.8. The van der Waals surface area contributed by atoms with Gasteiger partial charge in [-0.25, -0.2) is 0 Å². The van der Waals surface area contributed by atoms with E-state index in [1.54, 1.807) is 18.7 Å². The van der Waals surface area contributed by atoms with Gasteiger partial charge >= 0.3 is 0 Å². The maximum atomic E-state index is 11.8. The van der Waals surface area contributed by atoms with Gasteiger partial charge in [-0.05, 0) is 18.7 Å². The number of hydrogen-bond donors (Lipinski definition) is 3. The van der Waals surface area contributed by atoms with Crippen LogP contribution in [0.4, 0.5) is 0 Å². The quantitative estimate of drug-likeness (QED) is 0.705. The van der Waals surface area contributed by atoms with Crippen molar-refractivity contribution in [3.8, 4) is 0 Å². The smallest absolute Gasteiger partial charge is 0.222 e. The number of hydrogen-bond acceptors (Lipinski definition) is 4. The Kier molecular flexibility index (Phi) is 6.34. The molecular weight excluding hydrogens is 260 g/mol. The average molecular weight is 282 g/mol. The molecule has 19 heavy (non-hydrogen) atoms. The second kappa shape index (κ2) is 7.53. The van der Waals surface area contributed by atoms with Crippen molar-refractivity contribution >= 4 is 17.7 Å². The van der Waals surface area contributed by atoms with E-state index in [1.165, 1.54) is 0 Å². The highest BCUT2D eigenvalue weighted by Gasteiger charge is 2.21. The second-order valence-electron chi connectivity index (χ2n) is 4.93. The molecule has 0 bridgehead atoms. The molecule has 106 valence electrons. The van der Waals surface area contributed by atoms with Gasteiger partial charge in [-0.2, -0.15) is 11.8 Å². The molecule has 1 rings (SSSR count). The van der Waals surface area contributed by atoms with Crippen molar-refractivity contribution in [1.29, 1.82) is 0 Å². The summed E-state index contributed by atoms with van der Waals surface area (Å²) in [6, 6.07) is 9.21. The lowest BCUT2D eigenvalue weighted by atomic mass is 10.0. The molecule has 1 aromatic carbocycles. The van der Waals surface area contributed by atoms with Crippen LogP contribution in [-0.2, 0) is 4.79 Å². The molecule has 0 saturated heterocycles. The van der Waals surface area contributed by atoms with Gasteiger partial charge in [0, 0.05) is 24.8 Å². The van der Waals surface area contributed by atoms with Gasteiger partial charge in [-0.3, -0.25) is 4.79 Å². The molecule has 0 aliphatic carbocycles. The van der Waals surface area contributed by atoms with Crippen molar-refractivity contribution in [3.05, 3.63) is 35.9 Å². The van der Waals surface area contributed by atoms with Gasteiger partial charge in [0.05, 0.1) is 5.60 Å². The van der Waals surface area contributed by atoms with Crippen LogP contribution < -0.4 is 11.1 Å². The Morgan fingerprint density at radius 3 is 2.68 bits per heavy atom. The molecule has 0 fully saturated rings. The lowest BCUT2D eigenvalue weighted by molar-refractivity contribution is -0.122. The van der Waals surface area contributed by atoms with Crippen LogP contribution in [0.2, 0.25) is 0 Å². The van der Waals surface area contributed by atoms with Gasteiger partial charge in [0.2, 0.25) is 5.91 Å². The largest absolute Gasteiger partial charge is 0.387 e. The van der Waals surface area contributed by atoms with E-state index in [4.69, 9.17) is 5.73 Å². The first-order valence-corrected chi connectivity index (χ1v) is 7.62. The summed E-state index contributed by atoms with van der Waals surface area (Å²) in [5, 5.41) is 12.7. The number of rotatable bonds is 7. The molecule has 0 aliphatic rings. The lowest BCUT2D eigenvalue weighted by Crippen LogP contribution is -2.43. The number of nitrogens with two attached hydrogens (primary N) is 1. The van der Waals surface area contributed by atoms with Crippen molar-refractivity contribution < 1.29 is 9.90 Å². The molecule has 0 aromatic heterocycles. The lowest BCUT2D eigenvalue weighted by Gasteiger charge is -2.23. The van der Waals surface area contributed by atoms with Crippen molar-refractivity contribution in [2.24, 2.45) is 5.73 Å². The van der Waals surface area contributed by atoms with E-state index in [-0.39, 0.29) is 24.9 Å². The minimum Gasteiger partial charge on any atom is -0.387 e. The second-order valence-corrected chi connectivity index (χ2v) is 5.79. The summed E-state index contributed by atoms with van der Waals surface area (Å²) in [7, 11) is 0. The van der Waals surface area contributed by atoms with Crippen molar-refractivity contribution in [3.63, 3.8) is 0 Å². The van der Waals surface area contributed by atoms with Crippen LogP contribution in [0.3, 0.4) is 0 Å². The predicted octanol–water partition coefficient (Wildman–Crippen LogP) is 1.31. The number of amides is 1. The fourth-order valence-electron chi connectivity index (χ4n) is 1.74. The molecule has 2 unspecified atom stereocenters. The monoisotopic (exact) mass is 282 g/mol. The molecule has 1 aromatic rings. The number of thioether (sulfide) groups is 1. The number of benzene rings is 1. The van der Waals surface area contributed by atoms with Gasteiger partial charge in [0.15, 0.2) is 0 Å². The molecule has 0 aliphatic heterocycles. The van der Waals surface area contributed by atoms with Gasteiger partial charge in [0.1, 0.15) is 0 Å². The zero-order valence-electron chi connectivity index (χ0n) is 11.4. The van der Waals surface area contributed by atoms with Gasteiger partial charge in [-0.15, -0.1) is 0 Å². The highest BCUT2D eigenvalue weighted by atomic mass is 32.2. The van der Waals surface area contributed by atoms with Gasteiger partial charge in [0.25, 0.3) is 0 Å². The number of carbonyl (C=O) groups is 1. The van der Waals surface area contributed by atoms with Crippen LogP contribution in [0.1, 0.15) is 24.9 Å². The summed E-state index contributed by atoms with van der Waals surface area (Å²) in [5.41, 5.74) is 6.02. The van der Waals surface area contributed by atoms with Crippen molar-refractivity contribution in [2.75, 3.05) is 18.6 Å². The van der Waals surface area contributed by atoms with E-state index >= 15 is 0 Å². The zero-order chi connectivity index (χ0) is 14.3. The third kappa shape index (κ3) is 6.09. The van der Waals surface area contributed by atoms with E-state index < -0.39 is 5.60 Å². The van der Waals surface area contributed by atoms with Gasteiger partial charge in [-0.1, -0.05) is 30.3 Å². The third-order valence-electron chi connectivity index (χ3n) is 2.75. The number of aliphatic hydroxyl groups is 1. The Labute approximate surface area is 118 Å². The maximum Gasteiger partial charge on any atom is 0.222 e. The Morgan fingerprint density at radius 2 is 2.11 bits per heavy atom. The first-order valence-electron chi connectivity index (χ1n) is 6.23. The highest BCUT2D eigenvalue weighted by Crippen LogP contribution is 2.13. The Balaban J connectivity index is 2.39. The standard InChI is InChI=1S/C14H22N2O2S/c1-14(18,10-19-2)9-16-13(17)8-12(15)11-6-4-3-5-7-11/h3-7,12,18H,8-10,15H2,1-2H3,(H,16,17). The SMILES string of the molecule is CSCC(C)(O)CNC(=O)CC(N)c1ccccc1. The summed E-state index contributed by atoms with van der Waals surface area (Å²) in [5.74, 6) is 0.440. The van der Waals surface area contributed by atoms with E-state index in [2.05, 4.69) is 5.32 Å². The average Bonchev–Trinajstić information content (AvgIpc) is 2.37. The van der Waals surface area contributed by atoms with Crippen LogP contribution in [0, 0.1) is 0 Å². The first kappa shape index (κ1) is 16.0. The molecule has 2 atom stereocenters. The Morgan fingerprint density at radius 1 is 1.47 bits per heavy atom. The molecule has 0 saturated carbocycles. The Hall–Kier alpha value is -1.04. The fourth-order valence-corrected chi connectivity index (χ4v) is 2.46. The van der Waals surface area contributed by atoms with E-state index in [0.717, 1.165) is 5.56 Å². The minimum atomic E-state index is -0.883. The summed E-state index contributed by atoms with van der Waals surface area (Å²) in [6.07, 6.45) is 2.14. The molecule has 0 spiro atoms. The molecule has 5 heteroatoms. The normalized spacial score (nSPS) is 15.6. The molecule has 4 N–H and O–H groups in total. The van der Waals surface area contributed by atoms with Crippen LogP contribution in [0.5, 0.6) is 0 Å². The molecule has 4 nitrogen and oxygen atoms in total. The van der Waals surface area contributed by atoms with E-state index in [1.807, 2.05) is 36.6 Å². The van der Waals surface area contributed by atoms with Crippen LogP contribution in [-0.4, -0.2) is 35.2 Å². The number of nitrogens with one attached hydrogen (secondary N) is 1. The van der Waals surface area contributed by atoms with Crippen LogP contribution >= 0.6 is 11.8 Å². The highest BCUT2D eigenvalue weighted by molar-refractivity contribution is 7.98. The predicted molar refractivity (Wildman–Crippen MR) is 80.0 cm³/mol. The fraction of sp³-hybridized carbons (Fsp3) is 0.500. The zero-order valence-corrected chi connectivity index (χ0v) is 12.2. The third-order valence-corrected chi connectivity index (χ3v) is 3.67. The molecule has 0 heterocycles. The summed E-state index contributed by atoms with van der Waals surface area (Å²) >= 11 is 1.55. The van der Waals surface area contributed by atoms with Crippen LogP contribution in [0.15, 0.2) is 30.3 Å². The summed E-state index contributed by atoms with van der Waals surface area (Å²) < 4.78 is 0. The molecule has 1 amide bonds. The number of carbonyl (C=O) groups excluding carboxylic acids is 1. The van der Waals surface area contributed by atoms with E-state index in [0.29, 0.717) is 5.75 Å². The summed E-state index contributed by atoms with van der Waals surface area (Å²) in [4.78, 5) is 11.8.